The average Bonchev–Trinajstić information content (AvgIpc) is 2.97. The maximum Gasteiger partial charge on any atom is 0.280 e. The number of amides is 1. The van der Waals surface area contributed by atoms with Gasteiger partial charge >= 0.3 is 0 Å². The Morgan fingerprint density at radius 3 is 2.71 bits per heavy atom. The molecule has 0 aliphatic carbocycles. The highest BCUT2D eigenvalue weighted by Crippen LogP contribution is 2.28. The summed E-state index contributed by atoms with van der Waals surface area (Å²) in [5.74, 6) is -0.124. The molecule has 5 heteroatoms. The average molecular weight is 317 g/mol. The van der Waals surface area contributed by atoms with Crippen LogP contribution in [0.2, 0.25) is 5.02 Å². The monoisotopic (exact) mass is 316 g/mol. The van der Waals surface area contributed by atoms with Crippen molar-refractivity contribution in [2.75, 3.05) is 5.01 Å². The summed E-state index contributed by atoms with van der Waals surface area (Å²) in [6.07, 6.45) is 1.89. The Labute approximate surface area is 132 Å². The normalized spacial score (nSPS) is 16.7. The van der Waals surface area contributed by atoms with Crippen LogP contribution in [0.4, 0.5) is 5.69 Å². The fourth-order valence-corrected chi connectivity index (χ4v) is 3.15. The fraction of sp³-hybridized carbons (Fsp3) is 0.125. The highest BCUT2D eigenvalue weighted by atomic mass is 35.5. The Balaban J connectivity index is 1.96. The summed E-state index contributed by atoms with van der Waals surface area (Å²) in [5.41, 5.74) is 2.01. The number of thiophene rings is 1. The minimum absolute atomic E-state index is 0.124. The van der Waals surface area contributed by atoms with E-state index in [1.807, 2.05) is 38.1 Å². The van der Waals surface area contributed by atoms with E-state index < -0.39 is 0 Å². The Hall–Kier alpha value is -1.91. The summed E-state index contributed by atoms with van der Waals surface area (Å²) in [4.78, 5) is 14.8. The number of carbonyl (C=O) groups excluding carboxylic acids is 1. The highest BCUT2D eigenvalue weighted by molar-refractivity contribution is 7.12. The zero-order chi connectivity index (χ0) is 15.0. The van der Waals surface area contributed by atoms with Gasteiger partial charge in [0.25, 0.3) is 5.91 Å². The minimum Gasteiger partial charge on any atom is -0.267 e. The van der Waals surface area contributed by atoms with Crippen LogP contribution < -0.4 is 5.01 Å². The van der Waals surface area contributed by atoms with E-state index >= 15 is 0 Å². The molecule has 2 heterocycles. The lowest BCUT2D eigenvalue weighted by atomic mass is 10.1. The van der Waals surface area contributed by atoms with E-state index in [1.165, 1.54) is 9.89 Å². The van der Waals surface area contributed by atoms with Crippen molar-refractivity contribution in [2.45, 2.75) is 13.8 Å². The molecule has 0 saturated carbocycles. The maximum atomic E-state index is 12.5. The molecule has 3 rings (SSSR count). The number of carbonyl (C=O) groups is 1. The second-order valence-electron chi connectivity index (χ2n) is 4.79. The molecular formula is C16H13ClN2OS. The molecule has 0 bridgehead atoms. The van der Waals surface area contributed by atoms with Crippen molar-refractivity contribution in [1.82, 2.24) is 0 Å². The molecule has 1 aliphatic heterocycles. The number of aryl methyl sites for hydroxylation is 1. The first-order valence-corrected chi connectivity index (χ1v) is 7.68. The summed E-state index contributed by atoms with van der Waals surface area (Å²) in [6, 6.07) is 11.2. The van der Waals surface area contributed by atoms with Crippen LogP contribution in [0.1, 0.15) is 16.7 Å². The van der Waals surface area contributed by atoms with Crippen LogP contribution in [0.5, 0.6) is 0 Å². The van der Waals surface area contributed by atoms with Gasteiger partial charge in [-0.05, 0) is 50.3 Å². The molecule has 1 aliphatic rings. The van der Waals surface area contributed by atoms with E-state index in [0.29, 0.717) is 22.0 Å². The molecule has 0 spiro atoms. The van der Waals surface area contributed by atoms with Crippen molar-refractivity contribution in [3.05, 3.63) is 56.7 Å². The van der Waals surface area contributed by atoms with Crippen LogP contribution in [0.25, 0.3) is 6.08 Å². The summed E-state index contributed by atoms with van der Waals surface area (Å²) in [7, 11) is 0. The number of benzene rings is 1. The van der Waals surface area contributed by atoms with E-state index in [9.17, 15) is 4.79 Å². The van der Waals surface area contributed by atoms with E-state index in [4.69, 9.17) is 11.6 Å². The zero-order valence-electron chi connectivity index (χ0n) is 11.6. The van der Waals surface area contributed by atoms with Gasteiger partial charge in [-0.2, -0.15) is 10.1 Å². The molecule has 0 radical (unpaired) electrons. The lowest BCUT2D eigenvalue weighted by Gasteiger charge is -2.11. The molecular weight excluding hydrogens is 304 g/mol. The van der Waals surface area contributed by atoms with Crippen molar-refractivity contribution in [3.8, 4) is 0 Å². The molecule has 1 aromatic heterocycles. The third kappa shape index (κ3) is 2.77. The summed E-state index contributed by atoms with van der Waals surface area (Å²) in [5, 5.41) is 6.32. The van der Waals surface area contributed by atoms with Gasteiger partial charge in [-0.1, -0.05) is 17.7 Å². The van der Waals surface area contributed by atoms with Gasteiger partial charge in [-0.3, -0.25) is 4.79 Å². The van der Waals surface area contributed by atoms with Crippen LogP contribution in [-0.4, -0.2) is 11.6 Å². The largest absolute Gasteiger partial charge is 0.280 e. The van der Waals surface area contributed by atoms with Gasteiger partial charge < -0.3 is 0 Å². The molecule has 0 fully saturated rings. The summed E-state index contributed by atoms with van der Waals surface area (Å²) in [6.45, 7) is 3.89. The van der Waals surface area contributed by atoms with Gasteiger partial charge in [-0.15, -0.1) is 11.3 Å². The van der Waals surface area contributed by atoms with Crippen molar-refractivity contribution in [2.24, 2.45) is 5.10 Å². The van der Waals surface area contributed by atoms with Crippen LogP contribution in [0.15, 0.2) is 47.1 Å². The lowest BCUT2D eigenvalue weighted by molar-refractivity contribution is -0.114. The second-order valence-corrected chi connectivity index (χ2v) is 6.54. The molecule has 0 atom stereocenters. The van der Waals surface area contributed by atoms with Crippen molar-refractivity contribution < 1.29 is 4.79 Å². The molecule has 2 aromatic rings. The van der Waals surface area contributed by atoms with Gasteiger partial charge in [-0.25, -0.2) is 0 Å². The Morgan fingerprint density at radius 2 is 2.05 bits per heavy atom. The second kappa shape index (κ2) is 5.47. The molecule has 21 heavy (non-hydrogen) atoms. The van der Waals surface area contributed by atoms with E-state index in [2.05, 4.69) is 5.10 Å². The molecule has 106 valence electrons. The van der Waals surface area contributed by atoms with Gasteiger partial charge in [0.15, 0.2) is 0 Å². The molecule has 1 aromatic carbocycles. The predicted octanol–water partition coefficient (Wildman–Crippen LogP) is 4.52. The third-order valence-electron chi connectivity index (χ3n) is 3.16. The SMILES string of the molecule is CC1=NN(c2cccc(Cl)c2)C(=O)/C1=C/c1ccc(C)s1. The molecule has 1 amide bonds. The third-order valence-corrected chi connectivity index (χ3v) is 4.35. The molecule has 0 saturated heterocycles. The first-order chi connectivity index (χ1) is 10.0. The number of rotatable bonds is 2. The number of anilines is 1. The molecule has 0 N–H and O–H groups in total. The smallest absolute Gasteiger partial charge is 0.267 e. The lowest BCUT2D eigenvalue weighted by Crippen LogP contribution is -2.21. The van der Waals surface area contributed by atoms with Crippen LogP contribution in [-0.2, 0) is 4.79 Å². The standard InChI is InChI=1S/C16H13ClN2OS/c1-10-6-7-14(21-10)9-15-11(2)18-19(16(15)20)13-5-3-4-12(17)8-13/h3-9H,1-2H3/b15-9+. The topological polar surface area (TPSA) is 32.7 Å². The number of halogens is 1. The maximum absolute atomic E-state index is 12.5. The number of hydrogen-bond donors (Lipinski definition) is 0. The van der Waals surface area contributed by atoms with Crippen molar-refractivity contribution >= 4 is 46.3 Å². The van der Waals surface area contributed by atoms with Crippen molar-refractivity contribution in [1.29, 1.82) is 0 Å². The van der Waals surface area contributed by atoms with Gasteiger partial charge in [0, 0.05) is 14.8 Å². The van der Waals surface area contributed by atoms with Gasteiger partial charge in [0.1, 0.15) is 0 Å². The minimum atomic E-state index is -0.124. The van der Waals surface area contributed by atoms with Crippen LogP contribution >= 0.6 is 22.9 Å². The highest BCUT2D eigenvalue weighted by Gasteiger charge is 2.28. The number of hydrogen-bond acceptors (Lipinski definition) is 3. The molecule has 3 nitrogen and oxygen atoms in total. The van der Waals surface area contributed by atoms with Crippen LogP contribution in [0, 0.1) is 6.92 Å². The zero-order valence-corrected chi connectivity index (χ0v) is 13.2. The Kier molecular flexibility index (Phi) is 3.66. The van der Waals surface area contributed by atoms with Gasteiger partial charge in [0.05, 0.1) is 17.0 Å². The fourth-order valence-electron chi connectivity index (χ4n) is 2.14. The van der Waals surface area contributed by atoms with Crippen molar-refractivity contribution in [3.63, 3.8) is 0 Å². The first-order valence-electron chi connectivity index (χ1n) is 6.48. The summed E-state index contributed by atoms with van der Waals surface area (Å²) >= 11 is 7.63. The quantitative estimate of drug-likeness (QED) is 0.750. The van der Waals surface area contributed by atoms with E-state index in [-0.39, 0.29) is 5.91 Å². The Morgan fingerprint density at radius 1 is 1.24 bits per heavy atom. The number of nitrogens with zero attached hydrogens (tertiary/aromatic N) is 2. The Bertz CT molecular complexity index is 776. The number of hydrazone groups is 1. The van der Waals surface area contributed by atoms with Gasteiger partial charge in [0.2, 0.25) is 0 Å². The summed E-state index contributed by atoms with van der Waals surface area (Å²) < 4.78 is 0. The van der Waals surface area contributed by atoms with Crippen LogP contribution in [0.3, 0.4) is 0 Å². The molecule has 0 unspecified atom stereocenters. The first kappa shape index (κ1) is 14.0. The predicted molar refractivity (Wildman–Crippen MR) is 89.1 cm³/mol. The van der Waals surface area contributed by atoms with E-state index in [0.717, 1.165) is 4.88 Å². The van der Waals surface area contributed by atoms with E-state index in [1.54, 1.807) is 29.5 Å².